The summed E-state index contributed by atoms with van der Waals surface area (Å²) in [4.78, 5) is 16.3. The van der Waals surface area contributed by atoms with Gasteiger partial charge in [0.15, 0.2) is 9.84 Å². The third-order valence-electron chi connectivity index (χ3n) is 4.34. The number of anilines is 1. The molecule has 1 aromatic carbocycles. The Labute approximate surface area is 151 Å². The molecule has 0 N–H and O–H groups in total. The molecule has 2 aliphatic rings. The summed E-state index contributed by atoms with van der Waals surface area (Å²) < 4.78 is 22.8. The van der Waals surface area contributed by atoms with Gasteiger partial charge in [-0.2, -0.15) is 0 Å². The number of sulfone groups is 1. The van der Waals surface area contributed by atoms with E-state index in [1.807, 2.05) is 12.1 Å². The lowest BCUT2D eigenvalue weighted by atomic mass is 10.1. The van der Waals surface area contributed by atoms with Crippen molar-refractivity contribution in [3.8, 4) is 0 Å². The summed E-state index contributed by atoms with van der Waals surface area (Å²) in [5, 5.41) is 2.25. The van der Waals surface area contributed by atoms with E-state index in [9.17, 15) is 13.2 Å². The molecule has 0 bridgehead atoms. The van der Waals surface area contributed by atoms with E-state index in [0.29, 0.717) is 36.2 Å². The zero-order chi connectivity index (χ0) is 17.3. The average Bonchev–Trinajstić information content (AvgIpc) is 2.89. The van der Waals surface area contributed by atoms with Gasteiger partial charge in [-0.3, -0.25) is 4.79 Å². The highest BCUT2D eigenvalue weighted by atomic mass is 35.5. The van der Waals surface area contributed by atoms with Crippen molar-refractivity contribution in [2.24, 2.45) is 5.92 Å². The van der Waals surface area contributed by atoms with Crippen LogP contribution in [0.4, 0.5) is 5.69 Å². The maximum atomic E-state index is 12.3. The van der Waals surface area contributed by atoms with Crippen molar-refractivity contribution in [2.75, 3.05) is 36.8 Å². The molecule has 24 heavy (non-hydrogen) atoms. The van der Waals surface area contributed by atoms with Gasteiger partial charge in [0.05, 0.1) is 15.8 Å². The molecule has 0 unspecified atom stereocenters. The minimum absolute atomic E-state index is 0.00976. The Balaban J connectivity index is 1.54. The van der Waals surface area contributed by atoms with Crippen LogP contribution < -0.4 is 4.90 Å². The molecule has 1 saturated heterocycles. The Kier molecular flexibility index (Phi) is 5.08. The number of carbonyl (C=O) groups is 1. The fourth-order valence-corrected chi connectivity index (χ4v) is 4.71. The monoisotopic (exact) mass is 388 g/mol. The first-order valence-electron chi connectivity index (χ1n) is 7.73. The molecule has 0 radical (unpaired) electrons. The van der Waals surface area contributed by atoms with Crippen molar-refractivity contribution in [3.05, 3.63) is 39.7 Å². The molecule has 1 fully saturated rings. The fourth-order valence-electron chi connectivity index (χ4n) is 3.02. The van der Waals surface area contributed by atoms with Gasteiger partial charge in [0.2, 0.25) is 5.91 Å². The van der Waals surface area contributed by atoms with Crippen molar-refractivity contribution in [2.45, 2.75) is 6.42 Å². The van der Waals surface area contributed by atoms with E-state index in [2.05, 4.69) is 4.90 Å². The van der Waals surface area contributed by atoms with Gasteiger partial charge in [0.1, 0.15) is 0 Å². The summed E-state index contributed by atoms with van der Waals surface area (Å²) >= 11 is 12.0. The van der Waals surface area contributed by atoms with Crippen LogP contribution in [0.25, 0.3) is 0 Å². The zero-order valence-electron chi connectivity index (χ0n) is 13.0. The van der Waals surface area contributed by atoms with E-state index in [1.54, 1.807) is 17.0 Å². The Morgan fingerprint density at radius 1 is 1.12 bits per heavy atom. The van der Waals surface area contributed by atoms with Crippen LogP contribution in [0, 0.1) is 5.92 Å². The van der Waals surface area contributed by atoms with Gasteiger partial charge in [0.25, 0.3) is 0 Å². The van der Waals surface area contributed by atoms with Crippen LogP contribution >= 0.6 is 23.2 Å². The molecule has 130 valence electrons. The SMILES string of the molecule is O=C(C[C@@H]1C=CS(=O)(=O)C1)N1CCN(c2ccc(Cl)c(Cl)c2)CC1. The largest absolute Gasteiger partial charge is 0.368 e. The first-order valence-corrected chi connectivity index (χ1v) is 10.2. The minimum Gasteiger partial charge on any atom is -0.368 e. The smallest absolute Gasteiger partial charge is 0.223 e. The second-order valence-corrected chi connectivity index (χ2v) is 8.83. The quantitative estimate of drug-likeness (QED) is 0.798. The van der Waals surface area contributed by atoms with E-state index in [1.165, 1.54) is 5.41 Å². The normalized spacial score (nSPS) is 22.8. The number of rotatable bonds is 3. The molecule has 2 aliphatic heterocycles. The maximum Gasteiger partial charge on any atom is 0.223 e. The molecule has 3 rings (SSSR count). The predicted molar refractivity (Wildman–Crippen MR) is 96.3 cm³/mol. The van der Waals surface area contributed by atoms with Gasteiger partial charge in [-0.05, 0) is 18.2 Å². The summed E-state index contributed by atoms with van der Waals surface area (Å²) in [5.41, 5.74) is 0.987. The molecular formula is C16H18Cl2N2O3S. The van der Waals surface area contributed by atoms with Crippen LogP contribution in [-0.4, -0.2) is 51.2 Å². The van der Waals surface area contributed by atoms with Crippen molar-refractivity contribution in [1.82, 2.24) is 4.90 Å². The number of hydrogen-bond donors (Lipinski definition) is 0. The number of benzene rings is 1. The second-order valence-electron chi connectivity index (χ2n) is 6.09. The van der Waals surface area contributed by atoms with Crippen LogP contribution in [0.3, 0.4) is 0 Å². The topological polar surface area (TPSA) is 57.7 Å². The average molecular weight is 389 g/mol. The van der Waals surface area contributed by atoms with Gasteiger partial charge in [-0.1, -0.05) is 29.3 Å². The molecular weight excluding hydrogens is 371 g/mol. The molecule has 5 nitrogen and oxygen atoms in total. The van der Waals surface area contributed by atoms with E-state index in [0.717, 1.165) is 5.69 Å². The van der Waals surface area contributed by atoms with Crippen molar-refractivity contribution in [3.63, 3.8) is 0 Å². The van der Waals surface area contributed by atoms with Gasteiger partial charge in [-0.25, -0.2) is 8.42 Å². The van der Waals surface area contributed by atoms with Crippen molar-refractivity contribution < 1.29 is 13.2 Å². The molecule has 0 spiro atoms. The van der Waals surface area contributed by atoms with Crippen LogP contribution in [0.15, 0.2) is 29.7 Å². The van der Waals surface area contributed by atoms with Crippen molar-refractivity contribution >= 4 is 44.6 Å². The van der Waals surface area contributed by atoms with E-state index in [-0.39, 0.29) is 24.0 Å². The van der Waals surface area contributed by atoms with Crippen molar-refractivity contribution in [1.29, 1.82) is 0 Å². The number of nitrogens with zero attached hydrogens (tertiary/aromatic N) is 2. The third-order valence-corrected chi connectivity index (χ3v) is 6.55. The number of carbonyl (C=O) groups excluding carboxylic acids is 1. The second kappa shape index (κ2) is 6.94. The minimum atomic E-state index is -3.11. The third kappa shape index (κ3) is 4.05. The molecule has 8 heteroatoms. The fraction of sp³-hybridized carbons (Fsp3) is 0.438. The summed E-state index contributed by atoms with van der Waals surface area (Å²) in [7, 11) is -3.11. The van der Waals surface area contributed by atoms with E-state index >= 15 is 0 Å². The lowest BCUT2D eigenvalue weighted by Crippen LogP contribution is -2.49. The van der Waals surface area contributed by atoms with Gasteiger partial charge in [0, 0.05) is 49.6 Å². The molecule has 0 aliphatic carbocycles. The lowest BCUT2D eigenvalue weighted by Gasteiger charge is -2.36. The zero-order valence-corrected chi connectivity index (χ0v) is 15.3. The maximum absolute atomic E-state index is 12.3. The molecule has 1 atom stereocenters. The van der Waals surface area contributed by atoms with Gasteiger partial charge in [-0.15, -0.1) is 0 Å². The first kappa shape index (κ1) is 17.6. The molecule has 1 aromatic rings. The van der Waals surface area contributed by atoms with Gasteiger partial charge >= 0.3 is 0 Å². The van der Waals surface area contributed by atoms with E-state index in [4.69, 9.17) is 23.2 Å². The Morgan fingerprint density at radius 3 is 2.42 bits per heavy atom. The lowest BCUT2D eigenvalue weighted by molar-refractivity contribution is -0.132. The number of allylic oxidation sites excluding steroid dienone is 1. The van der Waals surface area contributed by atoms with Crippen LogP contribution in [-0.2, 0) is 14.6 Å². The summed E-state index contributed by atoms with van der Waals surface area (Å²) in [6.45, 7) is 2.65. The molecule has 0 saturated carbocycles. The predicted octanol–water partition coefficient (Wildman–Crippen LogP) is 2.59. The number of halogens is 2. The summed E-state index contributed by atoms with van der Waals surface area (Å²) in [5.74, 6) is -0.145. The van der Waals surface area contributed by atoms with Crippen LogP contribution in [0.5, 0.6) is 0 Å². The van der Waals surface area contributed by atoms with Gasteiger partial charge < -0.3 is 9.80 Å². The number of amides is 1. The first-order chi connectivity index (χ1) is 11.3. The molecule has 2 heterocycles. The Hall–Kier alpha value is -1.24. The number of hydrogen-bond acceptors (Lipinski definition) is 4. The number of piperazine rings is 1. The van der Waals surface area contributed by atoms with E-state index < -0.39 is 9.84 Å². The highest BCUT2D eigenvalue weighted by Gasteiger charge is 2.27. The Bertz CT molecular complexity index is 772. The highest BCUT2D eigenvalue weighted by Crippen LogP contribution is 2.28. The molecule has 0 aromatic heterocycles. The highest BCUT2D eigenvalue weighted by molar-refractivity contribution is 7.94. The Morgan fingerprint density at radius 2 is 1.83 bits per heavy atom. The van der Waals surface area contributed by atoms with Crippen LogP contribution in [0.2, 0.25) is 10.0 Å². The standard InChI is InChI=1S/C16H18Cl2N2O3S/c17-14-2-1-13(10-15(14)18)19-4-6-20(7-5-19)16(21)9-12-3-8-24(22,23)11-12/h1-3,8,10,12H,4-7,9,11H2/t12-/m0/s1. The summed E-state index contributed by atoms with van der Waals surface area (Å²) in [6.07, 6.45) is 1.88. The van der Waals surface area contributed by atoms with Crippen LogP contribution in [0.1, 0.15) is 6.42 Å². The molecule has 1 amide bonds. The summed E-state index contributed by atoms with van der Waals surface area (Å²) in [6, 6.07) is 5.51.